The van der Waals surface area contributed by atoms with Gasteiger partial charge < -0.3 is 0 Å². The number of hydrogen-bond donors (Lipinski definition) is 0. The predicted octanol–water partition coefficient (Wildman–Crippen LogP) is 2.74. The van der Waals surface area contributed by atoms with E-state index in [0.29, 0.717) is 0 Å². The van der Waals surface area contributed by atoms with Crippen molar-refractivity contribution in [1.82, 2.24) is 24.5 Å². The SMILES string of the molecule is C1=NC2c3ccccc3-n3cncc3N2N1c1cnnn1-c1ccccc1. The number of hydrazine groups is 1. The Bertz CT molecular complexity index is 1160. The Labute approximate surface area is 154 Å². The number of hydrogen-bond acceptors (Lipinski definition) is 6. The number of imidazole rings is 1. The maximum absolute atomic E-state index is 4.77. The van der Waals surface area contributed by atoms with Crippen molar-refractivity contribution < 1.29 is 0 Å². The van der Waals surface area contributed by atoms with Gasteiger partial charge in [0.1, 0.15) is 12.7 Å². The van der Waals surface area contributed by atoms with Crippen LogP contribution in [0.25, 0.3) is 11.4 Å². The van der Waals surface area contributed by atoms with Crippen LogP contribution < -0.4 is 10.0 Å². The molecule has 0 radical (unpaired) electrons. The Morgan fingerprint density at radius 1 is 0.852 bits per heavy atom. The third-order valence-corrected chi connectivity index (χ3v) is 4.88. The molecular weight excluding hydrogens is 340 g/mol. The molecule has 130 valence electrons. The van der Waals surface area contributed by atoms with Crippen molar-refractivity contribution in [2.24, 2.45) is 4.99 Å². The average Bonchev–Trinajstić information content (AvgIpc) is 3.46. The van der Waals surface area contributed by atoms with Crippen molar-refractivity contribution in [3.05, 3.63) is 78.9 Å². The molecule has 2 aliphatic heterocycles. The molecule has 0 fully saturated rings. The molecule has 0 bridgehead atoms. The fourth-order valence-corrected chi connectivity index (χ4v) is 3.69. The number of rotatable bonds is 2. The first-order chi connectivity index (χ1) is 13.4. The molecule has 4 aromatic rings. The number of aliphatic imine (C=N–C) groups is 1. The topological polar surface area (TPSA) is 67.4 Å². The monoisotopic (exact) mass is 354 g/mol. The summed E-state index contributed by atoms with van der Waals surface area (Å²) in [5, 5.41) is 12.5. The maximum Gasteiger partial charge on any atom is 0.177 e. The minimum absolute atomic E-state index is 0.149. The van der Waals surface area contributed by atoms with Crippen LogP contribution in [-0.2, 0) is 0 Å². The molecule has 0 spiro atoms. The Kier molecular flexibility index (Phi) is 2.79. The number of fused-ring (bicyclic) bond motifs is 6. The summed E-state index contributed by atoms with van der Waals surface area (Å²) < 4.78 is 3.87. The highest BCUT2D eigenvalue weighted by atomic mass is 15.7. The van der Waals surface area contributed by atoms with E-state index in [9.17, 15) is 0 Å². The van der Waals surface area contributed by atoms with Crippen LogP contribution in [0.15, 0.2) is 78.3 Å². The van der Waals surface area contributed by atoms with Crippen LogP contribution in [0, 0.1) is 0 Å². The summed E-state index contributed by atoms with van der Waals surface area (Å²) in [5.41, 5.74) is 3.16. The van der Waals surface area contributed by atoms with E-state index in [1.807, 2.05) is 66.3 Å². The second-order valence-electron chi connectivity index (χ2n) is 6.35. The minimum Gasteiger partial charge on any atom is -0.284 e. The van der Waals surface area contributed by atoms with Crippen LogP contribution >= 0.6 is 0 Å². The first kappa shape index (κ1) is 14.3. The molecule has 0 amide bonds. The molecule has 2 aromatic heterocycles. The molecule has 0 saturated heterocycles. The summed E-state index contributed by atoms with van der Waals surface area (Å²) in [6.45, 7) is 0. The molecule has 1 unspecified atom stereocenters. The molecule has 2 aliphatic rings. The van der Waals surface area contributed by atoms with Crippen LogP contribution in [-0.4, -0.2) is 30.9 Å². The number of anilines is 2. The van der Waals surface area contributed by atoms with Gasteiger partial charge in [-0.2, -0.15) is 4.68 Å². The highest BCUT2D eigenvalue weighted by molar-refractivity contribution is 5.86. The van der Waals surface area contributed by atoms with E-state index in [0.717, 1.165) is 28.6 Å². The first-order valence-corrected chi connectivity index (χ1v) is 8.61. The van der Waals surface area contributed by atoms with Crippen molar-refractivity contribution in [1.29, 1.82) is 0 Å². The number of para-hydroxylation sites is 2. The van der Waals surface area contributed by atoms with Crippen LogP contribution in [0.4, 0.5) is 11.6 Å². The van der Waals surface area contributed by atoms with E-state index in [2.05, 4.69) is 37.0 Å². The molecule has 0 saturated carbocycles. The molecule has 0 N–H and O–H groups in total. The van der Waals surface area contributed by atoms with Crippen LogP contribution in [0.3, 0.4) is 0 Å². The van der Waals surface area contributed by atoms with E-state index < -0.39 is 0 Å². The van der Waals surface area contributed by atoms with Crippen LogP contribution in [0.2, 0.25) is 0 Å². The zero-order chi connectivity index (χ0) is 17.8. The lowest BCUT2D eigenvalue weighted by Crippen LogP contribution is -2.43. The quantitative estimate of drug-likeness (QED) is 0.554. The van der Waals surface area contributed by atoms with Crippen LogP contribution in [0.1, 0.15) is 11.7 Å². The van der Waals surface area contributed by atoms with Gasteiger partial charge in [0.05, 0.1) is 23.8 Å². The summed E-state index contributed by atoms with van der Waals surface area (Å²) in [5.74, 6) is 1.75. The molecule has 8 nitrogen and oxygen atoms in total. The lowest BCUT2D eigenvalue weighted by molar-refractivity contribution is 0.652. The Morgan fingerprint density at radius 2 is 1.70 bits per heavy atom. The standard InChI is InChI=1S/C19H14N8/c1-2-6-14(7-3-1)26-18(11-22-23-26)25-13-21-19-15-8-4-5-9-16(15)24-12-20-10-17(24)27(19)25/h1-13,19H. The number of benzene rings is 2. The van der Waals surface area contributed by atoms with Gasteiger partial charge >= 0.3 is 0 Å². The largest absolute Gasteiger partial charge is 0.284 e. The summed E-state index contributed by atoms with van der Waals surface area (Å²) in [7, 11) is 0. The van der Waals surface area contributed by atoms with Gasteiger partial charge in [-0.15, -0.1) is 5.10 Å². The number of nitrogens with zero attached hydrogens (tertiary/aromatic N) is 8. The van der Waals surface area contributed by atoms with Crippen molar-refractivity contribution in [3.8, 4) is 11.4 Å². The second-order valence-corrected chi connectivity index (χ2v) is 6.35. The Morgan fingerprint density at radius 3 is 2.63 bits per heavy atom. The molecular formula is C19H14N8. The van der Waals surface area contributed by atoms with Gasteiger partial charge in [-0.3, -0.25) is 4.57 Å². The Hall–Kier alpha value is -3.94. The maximum atomic E-state index is 4.77. The molecule has 8 heteroatoms. The zero-order valence-corrected chi connectivity index (χ0v) is 14.2. The highest BCUT2D eigenvalue weighted by Gasteiger charge is 2.39. The van der Waals surface area contributed by atoms with Crippen molar-refractivity contribution >= 4 is 18.0 Å². The van der Waals surface area contributed by atoms with Crippen molar-refractivity contribution in [3.63, 3.8) is 0 Å². The summed E-state index contributed by atoms with van der Waals surface area (Å²) in [6, 6.07) is 18.2. The smallest absolute Gasteiger partial charge is 0.177 e. The summed E-state index contributed by atoms with van der Waals surface area (Å²) in [6.07, 6.45) is 7.09. The Balaban J connectivity index is 1.51. The van der Waals surface area contributed by atoms with Crippen molar-refractivity contribution in [2.75, 3.05) is 10.0 Å². The van der Waals surface area contributed by atoms with E-state index in [1.54, 1.807) is 10.9 Å². The zero-order valence-electron chi connectivity index (χ0n) is 14.2. The normalized spacial score (nSPS) is 17.0. The van der Waals surface area contributed by atoms with Gasteiger partial charge in [-0.1, -0.05) is 41.6 Å². The molecule has 0 aliphatic carbocycles. The van der Waals surface area contributed by atoms with Gasteiger partial charge in [-0.25, -0.2) is 20.0 Å². The van der Waals surface area contributed by atoms with E-state index in [4.69, 9.17) is 4.99 Å². The van der Waals surface area contributed by atoms with Gasteiger partial charge in [-0.05, 0) is 18.2 Å². The van der Waals surface area contributed by atoms with Crippen LogP contribution in [0.5, 0.6) is 0 Å². The molecule has 4 heterocycles. The van der Waals surface area contributed by atoms with Crippen molar-refractivity contribution in [2.45, 2.75) is 6.17 Å². The van der Waals surface area contributed by atoms with E-state index >= 15 is 0 Å². The third-order valence-electron chi connectivity index (χ3n) is 4.88. The fourth-order valence-electron chi connectivity index (χ4n) is 3.69. The lowest BCUT2D eigenvalue weighted by Gasteiger charge is -2.37. The van der Waals surface area contributed by atoms with Gasteiger partial charge in [0.25, 0.3) is 0 Å². The van der Waals surface area contributed by atoms with Gasteiger partial charge in [0.2, 0.25) is 0 Å². The lowest BCUT2D eigenvalue weighted by atomic mass is 10.1. The first-order valence-electron chi connectivity index (χ1n) is 8.61. The van der Waals surface area contributed by atoms with Gasteiger partial charge in [0, 0.05) is 5.56 Å². The predicted molar refractivity (Wildman–Crippen MR) is 101 cm³/mol. The van der Waals surface area contributed by atoms with Gasteiger partial charge in [0.15, 0.2) is 17.8 Å². The second kappa shape index (κ2) is 5.28. The van der Waals surface area contributed by atoms with E-state index in [1.165, 1.54) is 0 Å². The molecule has 1 atom stereocenters. The summed E-state index contributed by atoms with van der Waals surface area (Å²) >= 11 is 0. The molecule has 27 heavy (non-hydrogen) atoms. The van der Waals surface area contributed by atoms with E-state index in [-0.39, 0.29) is 6.17 Å². The summed E-state index contributed by atoms with van der Waals surface area (Å²) in [4.78, 5) is 9.13. The fraction of sp³-hybridized carbons (Fsp3) is 0.0526. The molecule has 2 aromatic carbocycles. The average molecular weight is 354 g/mol. The minimum atomic E-state index is -0.149. The molecule has 6 rings (SSSR count). The third kappa shape index (κ3) is 1.92. The highest BCUT2D eigenvalue weighted by Crippen LogP contribution is 2.42. The number of aromatic nitrogens is 5.